The largest absolute Gasteiger partial charge is 0.493 e. The third-order valence-electron chi connectivity index (χ3n) is 5.28. The standard InChI is InChI=1S/C26H23NO4S/c1-4-17-10-13-19(14-11-17)27-25(28)23(18-12-15-21(30-2)22(16-18)31-3)24(26(27)29)32-20-8-6-5-7-9-20/h5-16H,4H2,1-3H3. The molecule has 0 radical (unpaired) electrons. The minimum atomic E-state index is -0.357. The number of carbonyl (C=O) groups excluding carboxylic acids is 2. The molecule has 4 rings (SSSR count). The number of thioether (sulfide) groups is 1. The second-order valence-corrected chi connectivity index (χ2v) is 8.24. The summed E-state index contributed by atoms with van der Waals surface area (Å²) in [4.78, 5) is 29.6. The van der Waals surface area contributed by atoms with Crippen molar-refractivity contribution in [2.75, 3.05) is 19.1 Å². The van der Waals surface area contributed by atoms with Crippen molar-refractivity contribution in [3.05, 3.63) is 88.8 Å². The monoisotopic (exact) mass is 445 g/mol. The Morgan fingerprint density at radius 2 is 1.50 bits per heavy atom. The normalized spacial score (nSPS) is 13.7. The third-order valence-corrected chi connectivity index (χ3v) is 6.37. The molecule has 0 saturated carbocycles. The van der Waals surface area contributed by atoms with Gasteiger partial charge in [-0.15, -0.1) is 0 Å². The molecule has 2 amide bonds. The minimum Gasteiger partial charge on any atom is -0.493 e. The molecule has 0 aliphatic carbocycles. The second kappa shape index (κ2) is 9.32. The van der Waals surface area contributed by atoms with Crippen LogP contribution in [0.1, 0.15) is 18.1 Å². The van der Waals surface area contributed by atoms with E-state index in [9.17, 15) is 9.59 Å². The summed E-state index contributed by atoms with van der Waals surface area (Å²) < 4.78 is 10.8. The first-order valence-corrected chi connectivity index (χ1v) is 11.1. The number of anilines is 1. The van der Waals surface area contributed by atoms with Gasteiger partial charge >= 0.3 is 0 Å². The van der Waals surface area contributed by atoms with Crippen LogP contribution in [0.25, 0.3) is 5.57 Å². The van der Waals surface area contributed by atoms with Crippen LogP contribution in [-0.4, -0.2) is 26.0 Å². The van der Waals surface area contributed by atoms with Crippen molar-refractivity contribution in [1.29, 1.82) is 0 Å². The number of nitrogens with zero attached hydrogens (tertiary/aromatic N) is 1. The number of methoxy groups -OCH3 is 2. The molecule has 0 aromatic heterocycles. The molecule has 6 heteroatoms. The van der Waals surface area contributed by atoms with Crippen molar-refractivity contribution in [2.45, 2.75) is 18.2 Å². The third kappa shape index (κ3) is 4.01. The van der Waals surface area contributed by atoms with Gasteiger partial charge in [-0.3, -0.25) is 9.59 Å². The van der Waals surface area contributed by atoms with E-state index in [2.05, 4.69) is 6.92 Å². The van der Waals surface area contributed by atoms with Gasteiger partial charge in [-0.2, -0.15) is 0 Å². The highest BCUT2D eigenvalue weighted by molar-refractivity contribution is 8.04. The second-order valence-electron chi connectivity index (χ2n) is 7.15. The molecule has 0 fully saturated rings. The van der Waals surface area contributed by atoms with Crippen LogP contribution in [0.2, 0.25) is 0 Å². The fourth-order valence-electron chi connectivity index (χ4n) is 3.57. The van der Waals surface area contributed by atoms with Crippen molar-refractivity contribution in [2.24, 2.45) is 0 Å². The van der Waals surface area contributed by atoms with E-state index >= 15 is 0 Å². The van der Waals surface area contributed by atoms with Crippen LogP contribution in [0.3, 0.4) is 0 Å². The minimum absolute atomic E-state index is 0.335. The zero-order valence-electron chi connectivity index (χ0n) is 18.1. The first kappa shape index (κ1) is 21.7. The van der Waals surface area contributed by atoms with Crippen molar-refractivity contribution in [1.82, 2.24) is 0 Å². The molecule has 0 unspecified atom stereocenters. The van der Waals surface area contributed by atoms with Crippen molar-refractivity contribution >= 4 is 34.8 Å². The topological polar surface area (TPSA) is 55.8 Å². The number of benzene rings is 3. The van der Waals surface area contributed by atoms with E-state index in [0.717, 1.165) is 16.9 Å². The zero-order chi connectivity index (χ0) is 22.7. The van der Waals surface area contributed by atoms with E-state index < -0.39 is 0 Å². The molecule has 0 saturated heterocycles. The van der Waals surface area contributed by atoms with Gasteiger partial charge in [0.25, 0.3) is 11.8 Å². The van der Waals surface area contributed by atoms with Crippen molar-refractivity contribution in [3.8, 4) is 11.5 Å². The van der Waals surface area contributed by atoms with Crippen LogP contribution in [0, 0.1) is 0 Å². The Labute approximate surface area is 191 Å². The molecular formula is C26H23NO4S. The van der Waals surface area contributed by atoms with Crippen LogP contribution in [0.4, 0.5) is 5.69 Å². The Kier molecular flexibility index (Phi) is 6.32. The Morgan fingerprint density at radius 1 is 0.812 bits per heavy atom. The highest BCUT2D eigenvalue weighted by Crippen LogP contribution is 2.43. The van der Waals surface area contributed by atoms with Gasteiger partial charge in [0.2, 0.25) is 0 Å². The Bertz CT molecular complexity index is 1190. The number of imide groups is 1. The number of hydrogen-bond acceptors (Lipinski definition) is 5. The van der Waals surface area contributed by atoms with Crippen molar-refractivity contribution in [3.63, 3.8) is 0 Å². The predicted molar refractivity (Wildman–Crippen MR) is 127 cm³/mol. The van der Waals surface area contributed by atoms with E-state index in [1.165, 1.54) is 16.7 Å². The van der Waals surface area contributed by atoms with Crippen molar-refractivity contribution < 1.29 is 19.1 Å². The van der Waals surface area contributed by atoms with Crippen LogP contribution in [0.15, 0.2) is 82.6 Å². The predicted octanol–water partition coefficient (Wildman–Crippen LogP) is 5.34. The highest BCUT2D eigenvalue weighted by atomic mass is 32.2. The van der Waals surface area contributed by atoms with Gasteiger partial charge in [0, 0.05) is 4.90 Å². The molecular weight excluding hydrogens is 422 g/mol. The number of aryl methyl sites for hydroxylation is 1. The van der Waals surface area contributed by atoms with E-state index in [-0.39, 0.29) is 11.8 Å². The van der Waals surface area contributed by atoms with Gasteiger partial charge in [0.1, 0.15) is 0 Å². The number of ether oxygens (including phenoxy) is 2. The Morgan fingerprint density at radius 3 is 2.12 bits per heavy atom. The molecule has 0 spiro atoms. The summed E-state index contributed by atoms with van der Waals surface area (Å²) >= 11 is 1.29. The molecule has 0 bridgehead atoms. The van der Waals surface area contributed by atoms with Gasteiger partial charge in [0.15, 0.2) is 11.5 Å². The Balaban J connectivity index is 1.82. The quantitative estimate of drug-likeness (QED) is 0.459. The molecule has 3 aromatic carbocycles. The molecule has 1 aliphatic heterocycles. The summed E-state index contributed by atoms with van der Waals surface area (Å²) in [6.07, 6.45) is 0.881. The lowest BCUT2D eigenvalue weighted by atomic mass is 10.1. The highest BCUT2D eigenvalue weighted by Gasteiger charge is 2.40. The first-order chi connectivity index (χ1) is 15.6. The molecule has 0 atom stereocenters. The fourth-order valence-corrected chi connectivity index (χ4v) is 4.59. The summed E-state index contributed by atoms with van der Waals surface area (Å²) in [7, 11) is 3.10. The zero-order valence-corrected chi connectivity index (χ0v) is 18.9. The van der Waals surface area contributed by atoms with E-state index in [1.807, 2.05) is 54.6 Å². The lowest BCUT2D eigenvalue weighted by Gasteiger charge is -2.16. The summed E-state index contributed by atoms with van der Waals surface area (Å²) in [5.74, 6) is 0.355. The van der Waals surface area contributed by atoms with E-state index in [1.54, 1.807) is 32.4 Å². The van der Waals surface area contributed by atoms with Gasteiger partial charge in [-0.1, -0.05) is 55.1 Å². The molecule has 0 N–H and O–H groups in total. The SMILES string of the molecule is CCc1ccc(N2C(=O)C(Sc3ccccc3)=C(c3ccc(OC)c(OC)c3)C2=O)cc1. The Hall–Kier alpha value is -3.51. The lowest BCUT2D eigenvalue weighted by Crippen LogP contribution is -2.31. The molecule has 5 nitrogen and oxygen atoms in total. The number of amides is 2. The first-order valence-electron chi connectivity index (χ1n) is 10.2. The van der Waals surface area contributed by atoms with Crippen LogP contribution >= 0.6 is 11.8 Å². The van der Waals surface area contributed by atoms with Crippen LogP contribution < -0.4 is 14.4 Å². The van der Waals surface area contributed by atoms with Gasteiger partial charge in [-0.25, -0.2) is 4.90 Å². The molecule has 3 aromatic rings. The maximum Gasteiger partial charge on any atom is 0.272 e. The fraction of sp³-hybridized carbons (Fsp3) is 0.154. The van der Waals surface area contributed by atoms with Crippen LogP contribution in [-0.2, 0) is 16.0 Å². The summed E-state index contributed by atoms with van der Waals surface area (Å²) in [5, 5.41) is 0. The number of carbonyl (C=O) groups is 2. The van der Waals surface area contributed by atoms with Gasteiger partial charge in [-0.05, 0) is 53.9 Å². The van der Waals surface area contributed by atoms with Crippen LogP contribution in [0.5, 0.6) is 11.5 Å². The average molecular weight is 446 g/mol. The molecule has 32 heavy (non-hydrogen) atoms. The van der Waals surface area contributed by atoms with Gasteiger partial charge < -0.3 is 9.47 Å². The average Bonchev–Trinajstić information content (AvgIpc) is 3.08. The lowest BCUT2D eigenvalue weighted by molar-refractivity contribution is -0.119. The molecule has 1 aliphatic rings. The molecule has 162 valence electrons. The van der Waals surface area contributed by atoms with E-state index in [0.29, 0.717) is 33.2 Å². The van der Waals surface area contributed by atoms with E-state index in [4.69, 9.17) is 9.47 Å². The summed E-state index contributed by atoms with van der Waals surface area (Å²) in [6.45, 7) is 2.06. The molecule has 1 heterocycles. The van der Waals surface area contributed by atoms with Gasteiger partial charge in [0.05, 0.1) is 30.4 Å². The maximum atomic E-state index is 13.6. The summed E-state index contributed by atoms with van der Waals surface area (Å²) in [5.41, 5.74) is 2.65. The maximum absolute atomic E-state index is 13.6. The number of hydrogen-bond donors (Lipinski definition) is 0. The summed E-state index contributed by atoms with van der Waals surface area (Å²) in [6, 6.07) is 22.3. The smallest absolute Gasteiger partial charge is 0.272 e. The number of rotatable bonds is 7.